The molecule has 1 atom stereocenters. The van der Waals surface area contributed by atoms with Crippen LogP contribution in [0.2, 0.25) is 0 Å². The van der Waals surface area contributed by atoms with E-state index in [-0.39, 0.29) is 29.6 Å². The predicted molar refractivity (Wildman–Crippen MR) is 124 cm³/mol. The summed E-state index contributed by atoms with van der Waals surface area (Å²) in [6.45, 7) is 6.08. The van der Waals surface area contributed by atoms with Gasteiger partial charge < -0.3 is 15.0 Å². The molecular weight excluding hydrogens is 425 g/mol. The third kappa shape index (κ3) is 7.30. The Labute approximate surface area is 193 Å². The minimum absolute atomic E-state index is 0.0308. The first-order valence-electron chi connectivity index (χ1n) is 11.0. The standard InChI is InChI=1S/C25H30FN3O4/c1-25(2,3)33-24(32)28-20-12-11-19(26)15-21(20)27-23(31)18-10-7-13-29(16-18)22(30)14-17-8-5-4-6-9-17/h4-6,8-9,11-12,15,18H,7,10,13-14,16H2,1-3H3,(H,27,31)(H,28,32). The number of carbonyl (C=O) groups is 3. The number of hydrogen-bond acceptors (Lipinski definition) is 4. The number of nitrogens with zero attached hydrogens (tertiary/aromatic N) is 1. The molecule has 0 bridgehead atoms. The third-order valence-corrected chi connectivity index (χ3v) is 5.22. The first-order valence-corrected chi connectivity index (χ1v) is 11.0. The van der Waals surface area contributed by atoms with Crippen LogP contribution in [0.25, 0.3) is 0 Å². The summed E-state index contributed by atoms with van der Waals surface area (Å²) < 4.78 is 19.1. The van der Waals surface area contributed by atoms with Gasteiger partial charge in [-0.2, -0.15) is 0 Å². The summed E-state index contributed by atoms with van der Waals surface area (Å²) in [5.41, 5.74) is 0.586. The van der Waals surface area contributed by atoms with E-state index in [0.717, 1.165) is 11.6 Å². The number of nitrogens with one attached hydrogen (secondary N) is 2. The Hall–Kier alpha value is -3.42. The van der Waals surface area contributed by atoms with Gasteiger partial charge in [-0.15, -0.1) is 0 Å². The summed E-state index contributed by atoms with van der Waals surface area (Å²) in [5.74, 6) is -1.35. The lowest BCUT2D eigenvalue weighted by molar-refractivity contribution is -0.133. The van der Waals surface area contributed by atoms with Crippen molar-refractivity contribution in [2.75, 3.05) is 23.7 Å². The van der Waals surface area contributed by atoms with Crippen LogP contribution < -0.4 is 10.6 Å². The Balaban J connectivity index is 1.65. The Kier molecular flexibility index (Phi) is 7.68. The third-order valence-electron chi connectivity index (χ3n) is 5.22. The van der Waals surface area contributed by atoms with Crippen molar-refractivity contribution in [3.8, 4) is 0 Å². The molecule has 1 aliphatic rings. The van der Waals surface area contributed by atoms with Gasteiger partial charge in [0.1, 0.15) is 11.4 Å². The maximum atomic E-state index is 13.9. The van der Waals surface area contributed by atoms with Crippen LogP contribution in [0.3, 0.4) is 0 Å². The van der Waals surface area contributed by atoms with Gasteiger partial charge in [-0.05, 0) is 57.4 Å². The van der Waals surface area contributed by atoms with Gasteiger partial charge in [0.2, 0.25) is 11.8 Å². The van der Waals surface area contributed by atoms with Gasteiger partial charge in [-0.1, -0.05) is 30.3 Å². The average Bonchev–Trinajstić information content (AvgIpc) is 2.75. The summed E-state index contributed by atoms with van der Waals surface area (Å²) in [6.07, 6.45) is 0.888. The van der Waals surface area contributed by atoms with Crippen LogP contribution in [0.4, 0.5) is 20.6 Å². The number of rotatable bonds is 5. The van der Waals surface area contributed by atoms with E-state index < -0.39 is 23.4 Å². The zero-order valence-corrected chi connectivity index (χ0v) is 19.2. The summed E-state index contributed by atoms with van der Waals surface area (Å²) in [4.78, 5) is 39.5. The molecule has 0 saturated carbocycles. The fourth-order valence-corrected chi connectivity index (χ4v) is 3.68. The normalized spacial score (nSPS) is 16.1. The van der Waals surface area contributed by atoms with E-state index in [4.69, 9.17) is 4.74 Å². The van der Waals surface area contributed by atoms with Crippen LogP contribution in [0.5, 0.6) is 0 Å². The molecule has 8 heteroatoms. The number of piperidine rings is 1. The van der Waals surface area contributed by atoms with E-state index in [1.807, 2.05) is 30.3 Å². The summed E-state index contributed by atoms with van der Waals surface area (Å²) in [7, 11) is 0. The molecule has 3 rings (SSSR count). The number of benzene rings is 2. The quantitative estimate of drug-likeness (QED) is 0.690. The molecular formula is C25H30FN3O4. The van der Waals surface area contributed by atoms with Crippen molar-refractivity contribution in [3.05, 3.63) is 59.9 Å². The number of anilines is 2. The second-order valence-corrected chi connectivity index (χ2v) is 9.15. The van der Waals surface area contributed by atoms with Crippen LogP contribution in [-0.4, -0.2) is 41.5 Å². The van der Waals surface area contributed by atoms with E-state index in [2.05, 4.69) is 10.6 Å². The Morgan fingerprint density at radius 2 is 1.79 bits per heavy atom. The fraction of sp³-hybridized carbons (Fsp3) is 0.400. The number of amides is 3. The van der Waals surface area contributed by atoms with Crippen molar-refractivity contribution < 1.29 is 23.5 Å². The van der Waals surface area contributed by atoms with Crippen LogP contribution in [0, 0.1) is 11.7 Å². The van der Waals surface area contributed by atoms with Gasteiger partial charge in [-0.25, -0.2) is 9.18 Å². The molecule has 0 aliphatic carbocycles. The van der Waals surface area contributed by atoms with Crippen LogP contribution in [0.1, 0.15) is 39.2 Å². The van der Waals surface area contributed by atoms with Gasteiger partial charge >= 0.3 is 6.09 Å². The molecule has 176 valence electrons. The molecule has 33 heavy (non-hydrogen) atoms. The molecule has 7 nitrogen and oxygen atoms in total. The molecule has 1 unspecified atom stereocenters. The number of ether oxygens (including phenoxy) is 1. The van der Waals surface area contributed by atoms with Gasteiger partial charge in [0.05, 0.1) is 23.7 Å². The Morgan fingerprint density at radius 1 is 1.06 bits per heavy atom. The van der Waals surface area contributed by atoms with Crippen molar-refractivity contribution in [2.24, 2.45) is 5.92 Å². The summed E-state index contributed by atoms with van der Waals surface area (Å²) >= 11 is 0. The van der Waals surface area contributed by atoms with Gasteiger partial charge in [0.15, 0.2) is 0 Å². The molecule has 2 aromatic rings. The van der Waals surface area contributed by atoms with Crippen LogP contribution in [-0.2, 0) is 20.7 Å². The molecule has 1 saturated heterocycles. The lowest BCUT2D eigenvalue weighted by Gasteiger charge is -2.32. The zero-order valence-electron chi connectivity index (χ0n) is 19.2. The molecule has 1 fully saturated rings. The minimum atomic E-state index is -0.708. The minimum Gasteiger partial charge on any atom is -0.444 e. The molecule has 2 N–H and O–H groups in total. The molecule has 0 aromatic heterocycles. The zero-order chi connectivity index (χ0) is 24.0. The van der Waals surface area contributed by atoms with Crippen molar-refractivity contribution in [2.45, 2.75) is 45.6 Å². The van der Waals surface area contributed by atoms with E-state index in [1.54, 1.807) is 25.7 Å². The van der Waals surface area contributed by atoms with Crippen LogP contribution >= 0.6 is 0 Å². The lowest BCUT2D eigenvalue weighted by atomic mass is 9.96. The first-order chi connectivity index (χ1) is 15.6. The van der Waals surface area contributed by atoms with E-state index in [9.17, 15) is 18.8 Å². The number of carbonyl (C=O) groups excluding carboxylic acids is 3. The van der Waals surface area contributed by atoms with Crippen molar-refractivity contribution >= 4 is 29.3 Å². The fourth-order valence-electron chi connectivity index (χ4n) is 3.68. The van der Waals surface area contributed by atoms with Crippen molar-refractivity contribution in [1.29, 1.82) is 0 Å². The van der Waals surface area contributed by atoms with Gasteiger partial charge in [-0.3, -0.25) is 14.9 Å². The van der Waals surface area contributed by atoms with Gasteiger partial charge in [0.25, 0.3) is 0 Å². The second kappa shape index (κ2) is 10.5. The molecule has 0 radical (unpaired) electrons. The Morgan fingerprint density at radius 3 is 2.48 bits per heavy atom. The highest BCUT2D eigenvalue weighted by atomic mass is 19.1. The molecule has 3 amide bonds. The van der Waals surface area contributed by atoms with E-state index in [0.29, 0.717) is 25.9 Å². The van der Waals surface area contributed by atoms with Gasteiger partial charge in [0, 0.05) is 13.1 Å². The number of halogens is 1. The molecule has 1 aliphatic heterocycles. The summed E-state index contributed by atoms with van der Waals surface area (Å²) in [5, 5.41) is 5.26. The second-order valence-electron chi connectivity index (χ2n) is 9.15. The first kappa shape index (κ1) is 24.2. The SMILES string of the molecule is CC(C)(C)OC(=O)Nc1ccc(F)cc1NC(=O)C1CCCN(C(=O)Cc2ccccc2)C1. The largest absolute Gasteiger partial charge is 0.444 e. The monoisotopic (exact) mass is 455 g/mol. The van der Waals surface area contributed by atoms with Crippen LogP contribution in [0.15, 0.2) is 48.5 Å². The highest BCUT2D eigenvalue weighted by Crippen LogP contribution is 2.26. The number of hydrogen-bond donors (Lipinski definition) is 2. The highest BCUT2D eigenvalue weighted by Gasteiger charge is 2.29. The molecule has 0 spiro atoms. The van der Waals surface area contributed by atoms with Crippen molar-refractivity contribution in [1.82, 2.24) is 4.90 Å². The smallest absolute Gasteiger partial charge is 0.412 e. The predicted octanol–water partition coefficient (Wildman–Crippen LogP) is 4.59. The topological polar surface area (TPSA) is 87.7 Å². The van der Waals surface area contributed by atoms with E-state index >= 15 is 0 Å². The summed E-state index contributed by atoms with van der Waals surface area (Å²) in [6, 6.07) is 13.2. The average molecular weight is 456 g/mol. The Bertz CT molecular complexity index is 1000. The highest BCUT2D eigenvalue weighted by molar-refractivity contribution is 5.99. The molecule has 1 heterocycles. The lowest BCUT2D eigenvalue weighted by Crippen LogP contribution is -2.44. The molecule has 2 aromatic carbocycles. The van der Waals surface area contributed by atoms with Crippen molar-refractivity contribution in [3.63, 3.8) is 0 Å². The number of likely N-dealkylation sites (tertiary alicyclic amines) is 1. The maximum Gasteiger partial charge on any atom is 0.412 e. The maximum absolute atomic E-state index is 13.9. The van der Waals surface area contributed by atoms with E-state index in [1.165, 1.54) is 12.1 Å².